The van der Waals surface area contributed by atoms with Crippen molar-refractivity contribution in [2.45, 2.75) is 13.0 Å². The van der Waals surface area contributed by atoms with Gasteiger partial charge in [0.2, 0.25) is 0 Å². The molecular formula is C20H16FNO3. The number of anilines is 1. The molecule has 0 unspecified atom stereocenters. The third-order valence-electron chi connectivity index (χ3n) is 3.85. The lowest BCUT2D eigenvalue weighted by Gasteiger charge is -2.17. The van der Waals surface area contributed by atoms with Crippen LogP contribution < -0.4 is 10.1 Å². The number of nitrogens with one attached hydrogen (secondary N) is 1. The van der Waals surface area contributed by atoms with Crippen LogP contribution in [0.25, 0.3) is 10.8 Å². The highest BCUT2D eigenvalue weighted by atomic mass is 19.1. The van der Waals surface area contributed by atoms with Crippen LogP contribution in [0.2, 0.25) is 0 Å². The summed E-state index contributed by atoms with van der Waals surface area (Å²) in [5.41, 5.74) is 0.459. The van der Waals surface area contributed by atoms with Gasteiger partial charge in [0.1, 0.15) is 11.6 Å². The van der Waals surface area contributed by atoms with Crippen LogP contribution in [0.5, 0.6) is 5.75 Å². The number of carbonyl (C=O) groups excluding carboxylic acids is 2. The number of rotatable bonds is 5. The molecule has 3 rings (SSSR count). The molecule has 0 saturated carbocycles. The van der Waals surface area contributed by atoms with E-state index in [-0.39, 0.29) is 5.69 Å². The van der Waals surface area contributed by atoms with Crippen LogP contribution in [0, 0.1) is 5.82 Å². The molecule has 5 heteroatoms. The van der Waals surface area contributed by atoms with Crippen LogP contribution in [-0.4, -0.2) is 18.3 Å². The van der Waals surface area contributed by atoms with Crippen molar-refractivity contribution in [1.82, 2.24) is 0 Å². The Balaban J connectivity index is 1.82. The Morgan fingerprint density at radius 3 is 2.56 bits per heavy atom. The van der Waals surface area contributed by atoms with Crippen LogP contribution in [0.15, 0.2) is 60.7 Å². The third-order valence-corrected chi connectivity index (χ3v) is 3.85. The molecule has 126 valence electrons. The number of ether oxygens (including phenoxy) is 1. The van der Waals surface area contributed by atoms with Crippen molar-refractivity contribution in [3.8, 4) is 5.75 Å². The Morgan fingerprint density at radius 1 is 1.08 bits per heavy atom. The van der Waals surface area contributed by atoms with Crippen LogP contribution >= 0.6 is 0 Å². The van der Waals surface area contributed by atoms with E-state index in [1.165, 1.54) is 18.2 Å². The Bertz CT molecular complexity index is 939. The largest absolute Gasteiger partial charge is 0.480 e. The molecule has 1 atom stereocenters. The van der Waals surface area contributed by atoms with Gasteiger partial charge in [0.15, 0.2) is 12.4 Å². The number of halogens is 1. The van der Waals surface area contributed by atoms with Crippen molar-refractivity contribution in [1.29, 1.82) is 0 Å². The van der Waals surface area contributed by atoms with E-state index in [1.54, 1.807) is 19.1 Å². The summed E-state index contributed by atoms with van der Waals surface area (Å²) in [5, 5.41) is 4.13. The summed E-state index contributed by atoms with van der Waals surface area (Å²) in [6.07, 6.45) is -0.196. The predicted molar refractivity (Wildman–Crippen MR) is 94.5 cm³/mol. The van der Waals surface area contributed by atoms with Gasteiger partial charge in [-0.15, -0.1) is 0 Å². The van der Waals surface area contributed by atoms with E-state index < -0.39 is 17.8 Å². The lowest BCUT2D eigenvalue weighted by atomic mass is 10.0. The molecule has 25 heavy (non-hydrogen) atoms. The van der Waals surface area contributed by atoms with Gasteiger partial charge in [-0.25, -0.2) is 4.39 Å². The fourth-order valence-corrected chi connectivity index (χ4v) is 2.54. The van der Waals surface area contributed by atoms with Gasteiger partial charge in [0, 0.05) is 0 Å². The molecule has 0 aromatic heterocycles. The summed E-state index contributed by atoms with van der Waals surface area (Å²) in [7, 11) is 0. The molecule has 3 aromatic carbocycles. The normalized spacial score (nSPS) is 11.8. The zero-order chi connectivity index (χ0) is 17.8. The first-order valence-corrected chi connectivity index (χ1v) is 7.79. The lowest BCUT2D eigenvalue weighted by Crippen LogP contribution is -2.30. The Morgan fingerprint density at radius 2 is 1.80 bits per heavy atom. The molecule has 0 aliphatic rings. The van der Waals surface area contributed by atoms with E-state index in [2.05, 4.69) is 5.32 Å². The van der Waals surface area contributed by atoms with E-state index in [0.29, 0.717) is 17.6 Å². The molecule has 0 aliphatic heterocycles. The van der Waals surface area contributed by atoms with Gasteiger partial charge < -0.3 is 10.1 Å². The summed E-state index contributed by atoms with van der Waals surface area (Å²) in [4.78, 5) is 23.7. The number of aldehydes is 1. The Hall–Kier alpha value is -3.21. The second kappa shape index (κ2) is 7.13. The molecule has 0 bridgehead atoms. The molecule has 1 amide bonds. The highest BCUT2D eigenvalue weighted by molar-refractivity contribution is 6.01. The van der Waals surface area contributed by atoms with Crippen molar-refractivity contribution in [3.05, 3.63) is 72.0 Å². The average molecular weight is 337 g/mol. The predicted octanol–water partition coefficient (Wildman–Crippen LogP) is 4.20. The third kappa shape index (κ3) is 3.50. The fraction of sp³-hybridized carbons (Fsp3) is 0.100. The molecule has 0 heterocycles. The van der Waals surface area contributed by atoms with Gasteiger partial charge in [0.25, 0.3) is 5.91 Å². The van der Waals surface area contributed by atoms with Crippen molar-refractivity contribution in [2.24, 2.45) is 0 Å². The second-order valence-corrected chi connectivity index (χ2v) is 5.55. The fourth-order valence-electron chi connectivity index (χ4n) is 2.54. The maximum Gasteiger partial charge on any atom is 0.265 e. The summed E-state index contributed by atoms with van der Waals surface area (Å²) in [6.45, 7) is 1.54. The average Bonchev–Trinajstić information content (AvgIpc) is 2.63. The summed E-state index contributed by atoms with van der Waals surface area (Å²) < 4.78 is 19.3. The molecule has 3 aromatic rings. The van der Waals surface area contributed by atoms with Crippen LogP contribution in [-0.2, 0) is 4.79 Å². The van der Waals surface area contributed by atoms with Gasteiger partial charge in [-0.05, 0) is 35.9 Å². The first kappa shape index (κ1) is 16.6. The number of hydrogen-bond acceptors (Lipinski definition) is 3. The Kier molecular flexibility index (Phi) is 4.75. The van der Waals surface area contributed by atoms with Gasteiger partial charge in [-0.1, -0.05) is 42.5 Å². The van der Waals surface area contributed by atoms with E-state index in [9.17, 15) is 14.0 Å². The molecule has 0 saturated heterocycles. The molecule has 0 aliphatic carbocycles. The molecule has 0 fully saturated rings. The number of para-hydroxylation sites is 1. The van der Waals surface area contributed by atoms with Gasteiger partial charge >= 0.3 is 0 Å². The zero-order valence-corrected chi connectivity index (χ0v) is 13.5. The quantitative estimate of drug-likeness (QED) is 0.710. The standard InChI is InChI=1S/C20H16FNO3/c1-13(20(24)22-18-9-5-4-8-17(18)21)25-19-11-10-14-6-2-3-7-15(14)16(19)12-23/h2-13H,1H3,(H,22,24)/t13-/m0/s1. The summed E-state index contributed by atoms with van der Waals surface area (Å²) >= 11 is 0. The minimum Gasteiger partial charge on any atom is -0.480 e. The number of carbonyl (C=O) groups is 2. The SMILES string of the molecule is C[C@H](Oc1ccc2ccccc2c1C=O)C(=O)Nc1ccccc1F. The number of amides is 1. The van der Waals surface area contributed by atoms with Crippen LogP contribution in [0.4, 0.5) is 10.1 Å². The van der Waals surface area contributed by atoms with Crippen LogP contribution in [0.3, 0.4) is 0 Å². The molecule has 0 radical (unpaired) electrons. The number of fused-ring (bicyclic) bond motifs is 1. The van der Waals surface area contributed by atoms with E-state index >= 15 is 0 Å². The smallest absolute Gasteiger partial charge is 0.265 e. The molecule has 4 nitrogen and oxygen atoms in total. The van der Waals surface area contributed by atoms with E-state index in [0.717, 1.165) is 10.8 Å². The zero-order valence-electron chi connectivity index (χ0n) is 13.5. The molecular weight excluding hydrogens is 321 g/mol. The summed E-state index contributed by atoms with van der Waals surface area (Å²) in [5.74, 6) is -0.720. The van der Waals surface area contributed by atoms with Crippen molar-refractivity contribution < 1.29 is 18.7 Å². The van der Waals surface area contributed by atoms with Crippen LogP contribution in [0.1, 0.15) is 17.3 Å². The molecule has 0 spiro atoms. The topological polar surface area (TPSA) is 55.4 Å². The minimum absolute atomic E-state index is 0.0806. The van der Waals surface area contributed by atoms with Crippen molar-refractivity contribution >= 4 is 28.7 Å². The highest BCUT2D eigenvalue weighted by Gasteiger charge is 2.18. The Labute approximate surface area is 144 Å². The van der Waals surface area contributed by atoms with Crippen molar-refractivity contribution in [3.63, 3.8) is 0 Å². The number of benzene rings is 3. The van der Waals surface area contributed by atoms with Gasteiger partial charge in [-0.3, -0.25) is 9.59 Å². The number of hydrogen-bond donors (Lipinski definition) is 1. The van der Waals surface area contributed by atoms with Crippen molar-refractivity contribution in [2.75, 3.05) is 5.32 Å². The lowest BCUT2D eigenvalue weighted by molar-refractivity contribution is -0.122. The first-order chi connectivity index (χ1) is 12.1. The first-order valence-electron chi connectivity index (χ1n) is 7.79. The van der Waals surface area contributed by atoms with E-state index in [4.69, 9.17) is 4.74 Å². The summed E-state index contributed by atoms with van der Waals surface area (Å²) in [6, 6.07) is 16.8. The minimum atomic E-state index is -0.903. The van der Waals surface area contributed by atoms with Gasteiger partial charge in [0.05, 0.1) is 11.3 Å². The van der Waals surface area contributed by atoms with Gasteiger partial charge in [-0.2, -0.15) is 0 Å². The maximum absolute atomic E-state index is 13.6. The second-order valence-electron chi connectivity index (χ2n) is 5.55. The van der Waals surface area contributed by atoms with E-state index in [1.807, 2.05) is 30.3 Å². The monoisotopic (exact) mass is 337 g/mol. The molecule has 1 N–H and O–H groups in total. The maximum atomic E-state index is 13.6. The highest BCUT2D eigenvalue weighted by Crippen LogP contribution is 2.27.